The van der Waals surface area contributed by atoms with Gasteiger partial charge in [0.05, 0.1) is 75.8 Å². The molecule has 2 fully saturated rings. The van der Waals surface area contributed by atoms with E-state index in [2.05, 4.69) is 20.2 Å². The first-order valence-corrected chi connectivity index (χ1v) is 24.4. The van der Waals surface area contributed by atoms with E-state index >= 15 is 0 Å². The van der Waals surface area contributed by atoms with Gasteiger partial charge in [0, 0.05) is 26.4 Å². The highest BCUT2D eigenvalue weighted by molar-refractivity contribution is 7.84. The van der Waals surface area contributed by atoms with Crippen molar-refractivity contribution in [3.8, 4) is 0 Å². The minimum Gasteiger partial charge on any atom is -0.431 e. The van der Waals surface area contributed by atoms with Crippen LogP contribution in [0.2, 0.25) is 10.0 Å². The summed E-state index contributed by atoms with van der Waals surface area (Å²) in [4.78, 5) is 45.9. The number of hydrogen-bond acceptors (Lipinski definition) is 11. The molecule has 2 aromatic carbocycles. The van der Waals surface area contributed by atoms with Crippen LogP contribution in [0.1, 0.15) is 121 Å². The highest BCUT2D eigenvalue weighted by Crippen LogP contribution is 2.41. The number of carbonyl (C=O) groups is 3. The molecule has 2 aliphatic rings. The normalized spacial score (nSPS) is 21.8. The van der Waals surface area contributed by atoms with E-state index in [4.69, 9.17) is 41.5 Å². The maximum atomic E-state index is 13.6. The van der Waals surface area contributed by atoms with Crippen molar-refractivity contribution in [2.75, 3.05) is 12.5 Å². The van der Waals surface area contributed by atoms with Gasteiger partial charge in [-0.3, -0.25) is 18.0 Å². The number of aromatic nitrogens is 4. The van der Waals surface area contributed by atoms with Gasteiger partial charge in [-0.2, -0.15) is 36.3 Å². The molecule has 2 heterocycles. The zero-order valence-corrected chi connectivity index (χ0v) is 39.3. The van der Waals surface area contributed by atoms with Crippen LogP contribution in [0.25, 0.3) is 0 Å². The minimum atomic E-state index is -4.86. The van der Waals surface area contributed by atoms with E-state index in [1.54, 1.807) is 0 Å². The fourth-order valence-electron chi connectivity index (χ4n) is 8.29. The fraction of sp³-hybridized carbons (Fsp3) is 0.537. The molecule has 0 saturated heterocycles. The van der Waals surface area contributed by atoms with Crippen molar-refractivity contribution >= 4 is 62.8 Å². The molecule has 25 heteroatoms. The van der Waals surface area contributed by atoms with E-state index in [9.17, 15) is 49.1 Å². The molecule has 0 N–H and O–H groups in total. The summed E-state index contributed by atoms with van der Waals surface area (Å²) in [6.07, 6.45) is -5.05. The molecule has 0 bridgehead atoms. The summed E-state index contributed by atoms with van der Waals surface area (Å²) in [6, 6.07) is 2.26. The summed E-state index contributed by atoms with van der Waals surface area (Å²) in [5, 5.41) is 7.45. The molecule has 4 unspecified atom stereocenters. The maximum absolute atomic E-state index is 13.6. The molecule has 4 aromatic rings. The fourth-order valence-corrected chi connectivity index (χ4v) is 11.1. The van der Waals surface area contributed by atoms with E-state index in [0.717, 1.165) is 24.6 Å². The molecule has 360 valence electrons. The van der Waals surface area contributed by atoms with Gasteiger partial charge in [-0.1, -0.05) is 23.2 Å². The molecule has 2 aromatic heterocycles. The molecular weight excluding hydrogens is 970 g/mol. The molecule has 0 radical (unpaired) electrons. The van der Waals surface area contributed by atoms with Crippen molar-refractivity contribution in [2.24, 2.45) is 21.8 Å². The molecule has 2 amide bonds. The van der Waals surface area contributed by atoms with Crippen molar-refractivity contribution in [1.82, 2.24) is 19.6 Å². The Morgan fingerprint density at radius 2 is 1.00 bits per heavy atom. The zero-order chi connectivity index (χ0) is 48.6. The molecule has 0 aliphatic heterocycles. The Morgan fingerprint density at radius 1 is 0.667 bits per heavy atom. The lowest BCUT2D eigenvalue weighted by molar-refractivity contribution is -0.140. The van der Waals surface area contributed by atoms with Gasteiger partial charge in [-0.15, -0.1) is 10.2 Å². The van der Waals surface area contributed by atoms with Crippen LogP contribution in [0, 0.1) is 25.7 Å². The van der Waals surface area contributed by atoms with Crippen molar-refractivity contribution < 1.29 is 67.5 Å². The van der Waals surface area contributed by atoms with Crippen LogP contribution in [0.15, 0.2) is 52.9 Å². The van der Waals surface area contributed by atoms with Gasteiger partial charge in [0.25, 0.3) is 11.8 Å². The lowest BCUT2D eigenvalue weighted by Gasteiger charge is -2.33. The number of hydrogen-bond donors (Lipinski definition) is 0. The molecule has 66 heavy (non-hydrogen) atoms. The lowest BCUT2D eigenvalue weighted by atomic mass is 9.83. The predicted octanol–water partition coefficient (Wildman–Crippen LogP) is 9.28. The van der Waals surface area contributed by atoms with Crippen molar-refractivity contribution in [2.45, 2.75) is 125 Å². The second-order valence-electron chi connectivity index (χ2n) is 16.1. The number of alkyl halides is 6. The van der Waals surface area contributed by atoms with E-state index in [0.29, 0.717) is 63.5 Å². The molecular formula is C41H44Cl2F6N6O9S2. The molecule has 0 spiro atoms. The summed E-state index contributed by atoms with van der Waals surface area (Å²) < 4.78 is 131. The van der Waals surface area contributed by atoms with Crippen LogP contribution < -0.4 is 11.4 Å². The third kappa shape index (κ3) is 11.4. The third-order valence-electron chi connectivity index (χ3n) is 11.7. The molecule has 4 atom stereocenters. The number of halogens is 8. The van der Waals surface area contributed by atoms with Crippen LogP contribution in [-0.2, 0) is 43.4 Å². The summed E-state index contributed by atoms with van der Waals surface area (Å²) in [6.45, 7) is 6.76. The number of carbonyl (C=O) groups excluding carboxylic acids is 3. The third-order valence-corrected chi connectivity index (χ3v) is 14.7. The van der Waals surface area contributed by atoms with Crippen molar-refractivity contribution in [3.63, 3.8) is 0 Å². The standard InChI is InChI=1S/C41H44Cl2F6N6O9S2/c1-19(54-37(61-21(3)52-54)50-35(56)27-15-17-29(40(44,45)46)33(31(27)42)65(5)59)23-7-11-25(12-8-23)63-39(58)64-26-13-9-24(10-14-26)20(2)55-38(62-22(4)53-55)51-36(57)28-16-18-30(41(47,48)49)34(32(28)43)66(6)60/h15-20,23-26H,7-14H2,1-6H3. The van der Waals surface area contributed by atoms with E-state index in [1.165, 1.54) is 23.2 Å². The van der Waals surface area contributed by atoms with Crippen LogP contribution in [0.4, 0.5) is 31.1 Å². The monoisotopic (exact) mass is 1010 g/mol. The van der Waals surface area contributed by atoms with Gasteiger partial charge in [0.2, 0.25) is 11.8 Å². The molecule has 15 nitrogen and oxygen atoms in total. The smallest absolute Gasteiger partial charge is 0.431 e. The van der Waals surface area contributed by atoms with Crippen LogP contribution in [0.3, 0.4) is 0 Å². The first-order chi connectivity index (χ1) is 30.8. The van der Waals surface area contributed by atoms with E-state index < -0.39 is 106 Å². The largest absolute Gasteiger partial charge is 0.508 e. The van der Waals surface area contributed by atoms with Gasteiger partial charge in [-0.05, 0) is 101 Å². The number of amides is 2. The number of benzene rings is 2. The Balaban J connectivity index is 1.02. The average Bonchev–Trinajstić information content (AvgIpc) is 3.79. The summed E-state index contributed by atoms with van der Waals surface area (Å²) in [5.74, 6) is -1.76. The Kier molecular flexibility index (Phi) is 15.6. The van der Waals surface area contributed by atoms with Crippen LogP contribution >= 0.6 is 23.2 Å². The second-order valence-corrected chi connectivity index (χ2v) is 19.5. The van der Waals surface area contributed by atoms with Crippen LogP contribution in [0.5, 0.6) is 0 Å². The summed E-state index contributed by atoms with van der Waals surface area (Å²) in [5.41, 5.74) is -3.66. The number of ether oxygens (including phenoxy) is 2. The van der Waals surface area contributed by atoms with E-state index in [-0.39, 0.29) is 47.1 Å². The van der Waals surface area contributed by atoms with Crippen molar-refractivity contribution in [1.29, 1.82) is 0 Å². The van der Waals surface area contributed by atoms with Gasteiger partial charge < -0.3 is 18.3 Å². The zero-order valence-electron chi connectivity index (χ0n) is 36.1. The van der Waals surface area contributed by atoms with Gasteiger partial charge in [-0.25, -0.2) is 14.2 Å². The Labute approximate surface area is 387 Å². The second kappa shape index (κ2) is 20.3. The van der Waals surface area contributed by atoms with Crippen molar-refractivity contribution in [3.05, 3.63) is 79.7 Å². The molecule has 6 rings (SSSR count). The number of nitrogens with zero attached hydrogens (tertiary/aromatic N) is 6. The van der Waals surface area contributed by atoms with E-state index in [1.807, 2.05) is 13.8 Å². The summed E-state index contributed by atoms with van der Waals surface area (Å²) >= 11 is 12.4. The highest BCUT2D eigenvalue weighted by atomic mass is 35.5. The minimum absolute atomic E-state index is 0.0262. The summed E-state index contributed by atoms with van der Waals surface area (Å²) in [7, 11) is -4.36. The first kappa shape index (κ1) is 50.8. The Bertz CT molecular complexity index is 2520. The molecule has 2 aliphatic carbocycles. The van der Waals surface area contributed by atoms with Gasteiger partial charge in [0.15, 0.2) is 0 Å². The Morgan fingerprint density at radius 3 is 1.30 bits per heavy atom. The maximum Gasteiger partial charge on any atom is 0.508 e. The number of rotatable bonds is 10. The molecule has 2 saturated carbocycles. The predicted molar refractivity (Wildman–Crippen MR) is 224 cm³/mol. The lowest BCUT2D eigenvalue weighted by Crippen LogP contribution is -2.34. The quantitative estimate of drug-likeness (QED) is 0.109. The van der Waals surface area contributed by atoms with Gasteiger partial charge >= 0.3 is 29.9 Å². The Hall–Kier alpha value is -4.61. The average molecular weight is 1010 g/mol. The topological polar surface area (TPSA) is 190 Å². The highest BCUT2D eigenvalue weighted by Gasteiger charge is 2.39. The van der Waals surface area contributed by atoms with Crippen LogP contribution in [-0.4, -0.2) is 70.7 Å². The van der Waals surface area contributed by atoms with Gasteiger partial charge in [0.1, 0.15) is 12.2 Å². The number of aryl methyl sites for hydroxylation is 2. The first-order valence-electron chi connectivity index (χ1n) is 20.5. The SMILES string of the molecule is Cc1nn(C(C)C2CCC(OC(=O)OC3CCC(C(C)n4nc(C)oc4=NC(=O)c4ccc(C(F)(F)F)c(S(C)=O)c4Cl)CC3)CC2)c(=NC(=O)c2ccc(C(F)(F)F)c(S(C)=O)c2Cl)o1.